The fraction of sp³-hybridized carbons (Fsp3) is 0.222. The van der Waals surface area contributed by atoms with Crippen molar-refractivity contribution in [2.45, 2.75) is 65.1 Å². The molecule has 0 radical (unpaired) electrons. The van der Waals surface area contributed by atoms with E-state index >= 15 is 8.78 Å². The number of hydrogen-bond donors (Lipinski definition) is 0. The molecular weight excluding hydrogens is 844 g/mol. The Morgan fingerprint density at radius 1 is 0.774 bits per heavy atom. The first-order valence-corrected chi connectivity index (χ1v) is 16.9. The number of hydrogen-bond acceptors (Lipinski definition) is 2. The summed E-state index contributed by atoms with van der Waals surface area (Å²) in [5.41, 5.74) is 1.17. The Hall–Kier alpha value is -5.09. The maximum atomic E-state index is 17.3. The van der Waals surface area contributed by atoms with Gasteiger partial charge in [0.15, 0.2) is 0 Å². The second kappa shape index (κ2) is 13.1. The zero-order valence-corrected chi connectivity index (χ0v) is 32.2. The molecule has 5 nitrogen and oxygen atoms in total. The van der Waals surface area contributed by atoms with Crippen molar-refractivity contribution in [1.29, 1.82) is 0 Å². The van der Waals surface area contributed by atoms with Gasteiger partial charge >= 0.3 is 27.1 Å². The van der Waals surface area contributed by atoms with E-state index in [1.54, 1.807) is 55.0 Å². The predicted octanol–water partition coefficient (Wildman–Crippen LogP) is 11.1. The fourth-order valence-corrected chi connectivity index (χ4v) is 6.46. The Morgan fingerprint density at radius 3 is 2.19 bits per heavy atom. The molecular formula is C45H39F2N5Pt+2. The van der Waals surface area contributed by atoms with Crippen molar-refractivity contribution in [3.63, 3.8) is 0 Å². The molecule has 0 saturated heterocycles. The van der Waals surface area contributed by atoms with Crippen LogP contribution in [0.4, 0.5) is 31.5 Å². The molecule has 0 saturated carbocycles. The minimum absolute atomic E-state index is 0. The molecule has 7 aromatic rings. The smallest absolute Gasteiger partial charge is 0.319 e. The summed E-state index contributed by atoms with van der Waals surface area (Å²) < 4.78 is 97.5. The van der Waals surface area contributed by atoms with Gasteiger partial charge in [0.25, 0.3) is 17.3 Å². The van der Waals surface area contributed by atoms with Crippen LogP contribution in [0.15, 0.2) is 109 Å². The van der Waals surface area contributed by atoms with Gasteiger partial charge in [-0.25, -0.2) is 13.8 Å². The van der Waals surface area contributed by atoms with Crippen LogP contribution < -0.4 is 9.15 Å². The van der Waals surface area contributed by atoms with Gasteiger partial charge in [-0.3, -0.25) is 4.98 Å². The van der Waals surface area contributed by atoms with Gasteiger partial charge in [-0.1, -0.05) is 105 Å². The normalized spacial score (nSPS) is 15.3. The number of aromatic nitrogens is 3. The van der Waals surface area contributed by atoms with Gasteiger partial charge in [-0.2, -0.15) is 18.2 Å². The second-order valence-corrected chi connectivity index (χ2v) is 15.0. The van der Waals surface area contributed by atoms with E-state index in [9.17, 15) is 0 Å². The number of benzene rings is 4. The average molecular weight is 890 g/mol. The van der Waals surface area contributed by atoms with Gasteiger partial charge in [0.05, 0.1) is 5.48 Å². The van der Waals surface area contributed by atoms with Gasteiger partial charge in [0.1, 0.15) is 11.5 Å². The zero-order chi connectivity index (χ0) is 42.6. The molecule has 3 aromatic heterocycles. The van der Waals surface area contributed by atoms with Crippen LogP contribution in [0.1, 0.15) is 79.0 Å². The zero-order valence-electron chi connectivity index (χ0n) is 36.9. The van der Waals surface area contributed by atoms with Gasteiger partial charge in [-0.15, -0.1) is 17.0 Å². The molecule has 4 aromatic carbocycles. The van der Waals surface area contributed by atoms with Crippen LogP contribution in [0, 0.1) is 19.0 Å². The van der Waals surface area contributed by atoms with Gasteiger partial charge < -0.3 is 4.57 Å². The maximum Gasteiger partial charge on any atom is 2.00 e. The van der Waals surface area contributed by atoms with E-state index in [1.165, 1.54) is 21.3 Å². The Labute approximate surface area is 333 Å². The molecule has 1 aliphatic rings. The molecule has 8 rings (SSSR count). The fourth-order valence-electron chi connectivity index (χ4n) is 6.46. The van der Waals surface area contributed by atoms with Crippen LogP contribution in [-0.2, 0) is 37.8 Å². The van der Waals surface area contributed by atoms with Crippen LogP contribution in [0.5, 0.6) is 0 Å². The number of rotatable bonds is 5. The molecule has 8 heteroatoms. The molecule has 0 aliphatic carbocycles. The van der Waals surface area contributed by atoms with Crippen molar-refractivity contribution < 1.29 is 39.4 Å². The topological polar surface area (TPSA) is 36.7 Å². The van der Waals surface area contributed by atoms with Gasteiger partial charge in [-0.05, 0) is 51.4 Å². The third-order valence-corrected chi connectivity index (χ3v) is 9.36. The Morgan fingerprint density at radius 2 is 1.49 bits per heavy atom. The Bertz CT molecular complexity index is 2950. The molecule has 0 bridgehead atoms. The largest absolute Gasteiger partial charge is 2.00 e. The molecule has 0 fully saturated rings. The van der Waals surface area contributed by atoms with E-state index in [1.807, 2.05) is 43.5 Å². The molecule has 266 valence electrons. The van der Waals surface area contributed by atoms with Crippen LogP contribution >= 0.6 is 0 Å². The number of fused-ring (bicyclic) bond motifs is 4. The summed E-state index contributed by atoms with van der Waals surface area (Å²) in [4.78, 5) is 8.99. The minimum atomic E-state index is -3.63. The quantitative estimate of drug-likeness (QED) is 0.128. The summed E-state index contributed by atoms with van der Waals surface area (Å²) in [5.74, 6) is -3.07. The Balaban J connectivity index is 0.00000544. The van der Waals surface area contributed by atoms with Crippen LogP contribution in [-0.4, -0.2) is 20.5 Å². The molecule has 4 heterocycles. The number of halogens is 2. The van der Waals surface area contributed by atoms with Crippen molar-refractivity contribution in [2.24, 2.45) is 0 Å². The van der Waals surface area contributed by atoms with Crippen molar-refractivity contribution >= 4 is 50.6 Å². The van der Waals surface area contributed by atoms with Crippen LogP contribution in [0.2, 0.25) is 0 Å². The SMILES string of the molecule is [2H]c1c([2H])c(C([2H])([2H])[2H])c([2H])c([2H])c1[N+]1=C=[N+](c2[c-]c(C(F)(F)c3[c-]c4c(cc3)c3cnccc3n4-c3cc(C(C)(C)C)ccn3)cc(C(C)(C)C)c2)c2ccccc21.[Pt+2]. The molecule has 0 atom stereocenters. The first kappa shape index (κ1) is 28.4. The third kappa shape index (κ3) is 6.37. The Kier molecular flexibility index (Phi) is 7.02. The van der Waals surface area contributed by atoms with E-state index in [4.69, 9.17) is 9.60 Å². The minimum Gasteiger partial charge on any atom is -0.319 e. The monoisotopic (exact) mass is 889 g/mol. The molecule has 0 unspecified atom stereocenters. The molecule has 53 heavy (non-hydrogen) atoms. The molecule has 0 spiro atoms. The summed E-state index contributed by atoms with van der Waals surface area (Å²) in [5, 5.41) is 1.45. The predicted molar refractivity (Wildman–Crippen MR) is 206 cm³/mol. The third-order valence-electron chi connectivity index (χ3n) is 9.36. The van der Waals surface area contributed by atoms with Crippen LogP contribution in [0.25, 0.3) is 27.6 Å². The van der Waals surface area contributed by atoms with Crippen LogP contribution in [0.3, 0.4) is 0 Å². The molecule has 0 N–H and O–H groups in total. The number of para-hydroxylation sites is 2. The van der Waals surface area contributed by atoms with E-state index in [-0.39, 0.29) is 37.9 Å². The molecule has 1 aliphatic heterocycles. The van der Waals surface area contributed by atoms with E-state index < -0.39 is 59.0 Å². The standard InChI is InChI=1S/C45H39F2N5.Pt/c1-29-12-15-34(16-13-29)50-28-51(40-11-9-8-10-39(40)50)35-23-32(44(5,6)7)22-33(24-35)45(46,47)31-14-17-36-37-27-48-20-19-38(37)52(41(36)25-31)42-26-30(18-21-49-42)43(2,3)4;/h8-23,26-27H,1-7H3;/q;+2/i1D3,12D,13D,15D,16D;. The van der Waals surface area contributed by atoms with E-state index in [0.29, 0.717) is 33.7 Å². The summed E-state index contributed by atoms with van der Waals surface area (Å²) in [6.07, 6.45) is 5.07. The van der Waals surface area contributed by atoms with Crippen molar-refractivity contribution in [1.82, 2.24) is 23.7 Å². The van der Waals surface area contributed by atoms with E-state index in [0.717, 1.165) is 16.5 Å². The van der Waals surface area contributed by atoms with Gasteiger partial charge in [0.2, 0.25) is 5.69 Å². The molecule has 0 amide bonds. The number of alkyl halides is 2. The van der Waals surface area contributed by atoms with Crippen molar-refractivity contribution in [3.8, 4) is 5.82 Å². The average Bonchev–Trinajstić information content (AvgIpc) is 3.72. The summed E-state index contributed by atoms with van der Waals surface area (Å²) in [6.45, 7) is 9.11. The summed E-state index contributed by atoms with van der Waals surface area (Å²) in [6, 6.07) is 25.3. The maximum absolute atomic E-state index is 17.3. The first-order chi connectivity index (χ1) is 27.6. The van der Waals surface area contributed by atoms with E-state index in [2.05, 4.69) is 48.9 Å². The summed E-state index contributed by atoms with van der Waals surface area (Å²) in [7, 11) is 0. The number of pyridine rings is 2. The van der Waals surface area contributed by atoms with Crippen molar-refractivity contribution in [3.05, 3.63) is 149 Å². The first-order valence-electron chi connectivity index (χ1n) is 20.4. The van der Waals surface area contributed by atoms with Gasteiger partial charge in [0, 0.05) is 52.4 Å². The van der Waals surface area contributed by atoms with Crippen molar-refractivity contribution in [2.75, 3.05) is 0 Å². The summed E-state index contributed by atoms with van der Waals surface area (Å²) >= 11 is 0. The number of nitrogens with zero attached hydrogens (tertiary/aromatic N) is 5. The second-order valence-electron chi connectivity index (χ2n) is 15.0.